The minimum absolute atomic E-state index is 0.316. The number of pyridine rings is 1. The van der Waals surface area contributed by atoms with Crippen molar-refractivity contribution in [3.8, 4) is 0 Å². The second-order valence-corrected chi connectivity index (χ2v) is 6.65. The molecule has 2 bridgehead atoms. The van der Waals surface area contributed by atoms with Crippen LogP contribution in [0.15, 0.2) is 22.8 Å². The molecule has 98 valence electrons. The molecule has 0 amide bonds. The average Bonchev–Trinajstić information content (AvgIpc) is 2.31. The van der Waals surface area contributed by atoms with Crippen LogP contribution in [0.2, 0.25) is 0 Å². The molecular formula is C14H19BrN2O. The summed E-state index contributed by atoms with van der Waals surface area (Å²) in [7, 11) is 2.15. The lowest BCUT2D eigenvalue weighted by molar-refractivity contribution is -0.145. The molecule has 3 nitrogen and oxygen atoms in total. The lowest BCUT2D eigenvalue weighted by Crippen LogP contribution is -2.57. The van der Waals surface area contributed by atoms with Gasteiger partial charge in [-0.05, 0) is 32.0 Å². The molecule has 0 aromatic carbocycles. The number of halogens is 1. The van der Waals surface area contributed by atoms with Gasteiger partial charge in [0.15, 0.2) is 0 Å². The zero-order valence-corrected chi connectivity index (χ0v) is 12.2. The Kier molecular flexibility index (Phi) is 3.20. The van der Waals surface area contributed by atoms with Gasteiger partial charge in [0.25, 0.3) is 0 Å². The number of hydrogen-bond donors (Lipinski definition) is 1. The van der Waals surface area contributed by atoms with Crippen molar-refractivity contribution >= 4 is 15.9 Å². The molecule has 0 unspecified atom stereocenters. The Morgan fingerprint density at radius 2 is 2.06 bits per heavy atom. The Morgan fingerprint density at radius 3 is 2.67 bits per heavy atom. The highest BCUT2D eigenvalue weighted by molar-refractivity contribution is 9.10. The second-order valence-electron chi connectivity index (χ2n) is 5.73. The topological polar surface area (TPSA) is 36.4 Å². The van der Waals surface area contributed by atoms with Gasteiger partial charge in [0, 0.05) is 35.6 Å². The molecule has 0 spiro atoms. The maximum absolute atomic E-state index is 11.3. The van der Waals surface area contributed by atoms with Crippen molar-refractivity contribution in [2.75, 3.05) is 20.1 Å². The fourth-order valence-electron chi connectivity index (χ4n) is 3.71. The molecule has 1 aliphatic carbocycles. The van der Waals surface area contributed by atoms with Crippen LogP contribution in [0.5, 0.6) is 0 Å². The monoisotopic (exact) mass is 310 g/mol. The van der Waals surface area contributed by atoms with Crippen molar-refractivity contribution in [3.63, 3.8) is 0 Å². The maximum atomic E-state index is 11.3. The largest absolute Gasteiger partial charge is 0.383 e. The number of likely N-dealkylation sites (tertiary alicyclic amines) is 1. The predicted octanol–water partition coefficient (Wildman–Crippen LogP) is 2.39. The van der Waals surface area contributed by atoms with Crippen molar-refractivity contribution in [1.82, 2.24) is 9.88 Å². The molecule has 2 aliphatic rings. The SMILES string of the molecule is CN1C[C@H]2CCC[C@@H](C1)[C@]2(O)c1cc(Br)ccn1. The minimum atomic E-state index is -0.728. The molecule has 1 aromatic rings. The normalized spacial score (nSPS) is 36.6. The fourth-order valence-corrected chi connectivity index (χ4v) is 4.05. The van der Waals surface area contributed by atoms with Gasteiger partial charge in [0.1, 0.15) is 5.60 Å². The Balaban J connectivity index is 2.02. The Bertz CT molecular complexity index is 437. The summed E-state index contributed by atoms with van der Waals surface area (Å²) in [5, 5.41) is 11.3. The molecule has 1 saturated heterocycles. The standard InChI is InChI=1S/C14H19BrN2O/c1-17-8-10-3-2-4-11(9-17)14(10,18)13-7-12(15)5-6-16-13/h5-7,10-11,18H,2-4,8-9H2,1H3/t10-,11+,14+. The molecule has 0 radical (unpaired) electrons. The maximum Gasteiger partial charge on any atom is 0.115 e. The highest BCUT2D eigenvalue weighted by Gasteiger charge is 2.51. The van der Waals surface area contributed by atoms with Crippen molar-refractivity contribution < 1.29 is 5.11 Å². The zero-order valence-electron chi connectivity index (χ0n) is 10.6. The molecule has 3 atom stereocenters. The third kappa shape index (κ3) is 1.91. The van der Waals surface area contributed by atoms with Crippen molar-refractivity contribution in [1.29, 1.82) is 0 Å². The van der Waals surface area contributed by atoms with Crippen LogP contribution >= 0.6 is 15.9 Å². The molecule has 18 heavy (non-hydrogen) atoms. The van der Waals surface area contributed by atoms with E-state index in [9.17, 15) is 5.11 Å². The van der Waals surface area contributed by atoms with Gasteiger partial charge < -0.3 is 10.0 Å². The van der Waals surface area contributed by atoms with Crippen LogP contribution in [0.3, 0.4) is 0 Å². The number of hydrogen-bond acceptors (Lipinski definition) is 3. The highest BCUT2D eigenvalue weighted by atomic mass is 79.9. The number of piperidine rings is 1. The summed E-state index contributed by atoms with van der Waals surface area (Å²) in [6, 6.07) is 3.90. The Morgan fingerprint density at radius 1 is 1.39 bits per heavy atom. The van der Waals surface area contributed by atoms with Crippen molar-refractivity contribution in [3.05, 3.63) is 28.5 Å². The first-order valence-corrected chi connectivity index (χ1v) is 7.43. The third-order valence-electron chi connectivity index (χ3n) is 4.55. The van der Waals surface area contributed by atoms with Crippen LogP contribution in [0.4, 0.5) is 0 Å². The lowest BCUT2D eigenvalue weighted by Gasteiger charge is -2.52. The number of aromatic nitrogens is 1. The van der Waals surface area contributed by atoms with Crippen LogP contribution in [-0.4, -0.2) is 35.1 Å². The summed E-state index contributed by atoms with van der Waals surface area (Å²) in [5.41, 5.74) is 0.119. The molecule has 2 heterocycles. The zero-order chi connectivity index (χ0) is 12.8. The van der Waals surface area contributed by atoms with Crippen LogP contribution in [-0.2, 0) is 5.60 Å². The van der Waals surface area contributed by atoms with E-state index in [0.29, 0.717) is 11.8 Å². The van der Waals surface area contributed by atoms with Crippen LogP contribution in [0.25, 0.3) is 0 Å². The molecule has 3 rings (SSSR count). The summed E-state index contributed by atoms with van der Waals surface area (Å²) in [6.45, 7) is 1.95. The second kappa shape index (κ2) is 4.58. The molecule has 1 N–H and O–H groups in total. The summed E-state index contributed by atoms with van der Waals surface area (Å²) in [5.74, 6) is 0.633. The fraction of sp³-hybridized carbons (Fsp3) is 0.643. The number of aliphatic hydroxyl groups is 1. The van der Waals surface area contributed by atoms with E-state index in [1.165, 1.54) is 6.42 Å². The summed E-state index contributed by atoms with van der Waals surface area (Å²) < 4.78 is 0.998. The van der Waals surface area contributed by atoms with E-state index in [4.69, 9.17) is 0 Å². The molecule has 1 aliphatic heterocycles. The first-order valence-electron chi connectivity index (χ1n) is 6.63. The summed E-state index contributed by atoms with van der Waals surface area (Å²) in [4.78, 5) is 6.79. The lowest BCUT2D eigenvalue weighted by atomic mass is 9.64. The smallest absolute Gasteiger partial charge is 0.115 e. The van der Waals surface area contributed by atoms with E-state index in [-0.39, 0.29) is 0 Å². The van der Waals surface area contributed by atoms with Gasteiger partial charge in [-0.1, -0.05) is 22.4 Å². The quantitative estimate of drug-likeness (QED) is 0.865. The van der Waals surface area contributed by atoms with E-state index in [1.807, 2.05) is 12.1 Å². The highest BCUT2D eigenvalue weighted by Crippen LogP contribution is 2.48. The molecule has 2 fully saturated rings. The number of nitrogens with zero attached hydrogens (tertiary/aromatic N) is 2. The predicted molar refractivity (Wildman–Crippen MR) is 74.2 cm³/mol. The van der Waals surface area contributed by atoms with Crippen molar-refractivity contribution in [2.24, 2.45) is 11.8 Å². The van der Waals surface area contributed by atoms with E-state index in [1.54, 1.807) is 6.20 Å². The molecule has 1 saturated carbocycles. The molecule has 1 aromatic heterocycles. The minimum Gasteiger partial charge on any atom is -0.383 e. The van der Waals surface area contributed by atoms with Crippen LogP contribution in [0, 0.1) is 11.8 Å². The van der Waals surface area contributed by atoms with Crippen LogP contribution in [0.1, 0.15) is 25.0 Å². The van der Waals surface area contributed by atoms with Gasteiger partial charge in [-0.15, -0.1) is 0 Å². The van der Waals surface area contributed by atoms with Gasteiger partial charge in [0.2, 0.25) is 0 Å². The Hall–Kier alpha value is -0.450. The van der Waals surface area contributed by atoms with Gasteiger partial charge in [-0.2, -0.15) is 0 Å². The average molecular weight is 311 g/mol. The van der Waals surface area contributed by atoms with Gasteiger partial charge >= 0.3 is 0 Å². The first-order chi connectivity index (χ1) is 8.60. The third-order valence-corrected chi connectivity index (χ3v) is 5.04. The summed E-state index contributed by atoms with van der Waals surface area (Å²) in [6.07, 6.45) is 5.22. The molecular weight excluding hydrogens is 292 g/mol. The molecule has 4 heteroatoms. The summed E-state index contributed by atoms with van der Waals surface area (Å²) >= 11 is 3.48. The van der Waals surface area contributed by atoms with Crippen LogP contribution < -0.4 is 0 Å². The van der Waals surface area contributed by atoms with E-state index >= 15 is 0 Å². The number of fused-ring (bicyclic) bond motifs is 2. The van der Waals surface area contributed by atoms with Gasteiger partial charge in [0.05, 0.1) is 5.69 Å². The van der Waals surface area contributed by atoms with E-state index in [2.05, 4.69) is 32.9 Å². The van der Waals surface area contributed by atoms with Gasteiger partial charge in [-0.3, -0.25) is 4.98 Å². The van der Waals surface area contributed by atoms with Crippen molar-refractivity contribution in [2.45, 2.75) is 24.9 Å². The van der Waals surface area contributed by atoms with E-state index < -0.39 is 5.60 Å². The first kappa shape index (κ1) is 12.6. The van der Waals surface area contributed by atoms with E-state index in [0.717, 1.165) is 36.1 Å². The number of rotatable bonds is 1. The Labute approximate surface area is 116 Å². The van der Waals surface area contributed by atoms with Gasteiger partial charge in [-0.25, -0.2) is 0 Å².